The summed E-state index contributed by atoms with van der Waals surface area (Å²) < 4.78 is 5.62. The van der Waals surface area contributed by atoms with Gasteiger partial charge in [0.15, 0.2) is 0 Å². The van der Waals surface area contributed by atoms with E-state index in [1.807, 2.05) is 30.3 Å². The number of pyridine rings is 1. The zero-order valence-corrected chi connectivity index (χ0v) is 16.8. The number of para-hydroxylation sites is 1. The largest absolute Gasteiger partial charge is 0.376 e. The molecule has 144 valence electrons. The van der Waals surface area contributed by atoms with Crippen LogP contribution < -0.4 is 5.32 Å². The minimum absolute atomic E-state index is 0.0720. The molecule has 1 atom stereocenters. The van der Waals surface area contributed by atoms with E-state index in [2.05, 4.69) is 36.5 Å². The number of benzene rings is 2. The third-order valence-electron chi connectivity index (χ3n) is 5.01. The van der Waals surface area contributed by atoms with Crippen molar-refractivity contribution in [2.24, 2.45) is 0 Å². The fraction of sp³-hybridized carbons (Fsp3) is 0.304. The van der Waals surface area contributed by atoms with Crippen molar-refractivity contribution in [3.05, 3.63) is 65.7 Å². The molecule has 0 bridgehead atoms. The summed E-state index contributed by atoms with van der Waals surface area (Å²) in [6, 6.07) is 18.2. The zero-order chi connectivity index (χ0) is 19.3. The molecular weight excluding hydrogens is 368 g/mol. The molecule has 4 nitrogen and oxygen atoms in total. The maximum absolute atomic E-state index is 12.9. The quantitative estimate of drug-likeness (QED) is 0.651. The number of fused-ring (bicyclic) bond motifs is 1. The first kappa shape index (κ1) is 19.0. The number of nitrogens with zero attached hydrogens (tertiary/aromatic N) is 1. The molecule has 5 heteroatoms. The second kappa shape index (κ2) is 8.76. The smallest absolute Gasteiger partial charge is 0.252 e. The second-order valence-corrected chi connectivity index (χ2v) is 8.06. The van der Waals surface area contributed by atoms with E-state index in [1.165, 1.54) is 5.56 Å². The van der Waals surface area contributed by atoms with Crippen molar-refractivity contribution in [3.63, 3.8) is 0 Å². The Balaban J connectivity index is 1.59. The Labute approximate surface area is 169 Å². The van der Waals surface area contributed by atoms with E-state index in [0.29, 0.717) is 12.1 Å². The number of ether oxygens (including phenoxy) is 1. The van der Waals surface area contributed by atoms with Crippen LogP contribution in [0.1, 0.15) is 35.7 Å². The number of carbonyl (C=O) groups excluding carboxylic acids is 1. The number of hydrogen-bond acceptors (Lipinski definition) is 4. The van der Waals surface area contributed by atoms with Gasteiger partial charge in [-0.15, -0.1) is 0 Å². The van der Waals surface area contributed by atoms with Crippen molar-refractivity contribution in [2.45, 2.75) is 42.2 Å². The van der Waals surface area contributed by atoms with Gasteiger partial charge < -0.3 is 10.1 Å². The molecule has 0 aliphatic carbocycles. The highest BCUT2D eigenvalue weighted by atomic mass is 32.2. The Morgan fingerprint density at radius 2 is 2.04 bits per heavy atom. The summed E-state index contributed by atoms with van der Waals surface area (Å²) in [5.74, 6) is -0.0720. The van der Waals surface area contributed by atoms with Crippen LogP contribution in [0.3, 0.4) is 0 Å². The molecule has 0 spiro atoms. The molecule has 1 fully saturated rings. The average Bonchev–Trinajstić information content (AvgIpc) is 3.26. The Kier molecular flexibility index (Phi) is 5.93. The molecule has 1 N–H and O–H groups in total. The predicted octanol–water partition coefficient (Wildman–Crippen LogP) is 4.86. The Morgan fingerprint density at radius 3 is 2.79 bits per heavy atom. The summed E-state index contributed by atoms with van der Waals surface area (Å²) >= 11 is 1.58. The van der Waals surface area contributed by atoms with Gasteiger partial charge >= 0.3 is 0 Å². The molecule has 1 saturated heterocycles. The SMILES string of the molecule is CCc1ccc(Sc2cc(C(=O)NC[C@H]3CCCO3)c3ccccc3n2)cc1. The van der Waals surface area contributed by atoms with Crippen molar-refractivity contribution in [3.8, 4) is 0 Å². The molecule has 28 heavy (non-hydrogen) atoms. The number of rotatable bonds is 6. The molecule has 2 heterocycles. The maximum atomic E-state index is 12.9. The summed E-state index contributed by atoms with van der Waals surface area (Å²) in [6.45, 7) is 3.49. The molecule has 1 amide bonds. The maximum Gasteiger partial charge on any atom is 0.252 e. The Hall–Kier alpha value is -2.37. The highest BCUT2D eigenvalue weighted by Crippen LogP contribution is 2.30. The zero-order valence-electron chi connectivity index (χ0n) is 16.0. The van der Waals surface area contributed by atoms with E-state index in [-0.39, 0.29) is 12.0 Å². The van der Waals surface area contributed by atoms with Crippen molar-refractivity contribution < 1.29 is 9.53 Å². The van der Waals surface area contributed by atoms with Gasteiger partial charge in [-0.2, -0.15) is 0 Å². The van der Waals surface area contributed by atoms with E-state index < -0.39 is 0 Å². The molecule has 2 aromatic carbocycles. The third kappa shape index (κ3) is 4.37. The molecule has 3 aromatic rings. The summed E-state index contributed by atoms with van der Waals surface area (Å²) in [5.41, 5.74) is 2.81. The van der Waals surface area contributed by atoms with Crippen LogP contribution in [0, 0.1) is 0 Å². The van der Waals surface area contributed by atoms with Gasteiger partial charge in [-0.05, 0) is 49.1 Å². The average molecular weight is 393 g/mol. The van der Waals surface area contributed by atoms with Crippen LogP contribution in [0.15, 0.2) is 64.5 Å². The Morgan fingerprint density at radius 1 is 1.21 bits per heavy atom. The van der Waals surface area contributed by atoms with Gasteiger partial charge in [0.25, 0.3) is 5.91 Å². The van der Waals surface area contributed by atoms with Gasteiger partial charge in [0.1, 0.15) is 5.03 Å². The van der Waals surface area contributed by atoms with Crippen molar-refractivity contribution >= 4 is 28.6 Å². The second-order valence-electron chi connectivity index (χ2n) is 6.97. The predicted molar refractivity (Wildman–Crippen MR) is 113 cm³/mol. The lowest BCUT2D eigenvalue weighted by Gasteiger charge is -2.13. The van der Waals surface area contributed by atoms with Crippen molar-refractivity contribution in [2.75, 3.05) is 13.2 Å². The van der Waals surface area contributed by atoms with Crippen LogP contribution >= 0.6 is 11.8 Å². The minimum atomic E-state index is -0.0720. The summed E-state index contributed by atoms with van der Waals surface area (Å²) in [6.07, 6.45) is 3.22. The van der Waals surface area contributed by atoms with Crippen LogP contribution in [0.25, 0.3) is 10.9 Å². The third-order valence-corrected chi connectivity index (χ3v) is 5.93. The van der Waals surface area contributed by atoms with Gasteiger partial charge in [-0.1, -0.05) is 49.0 Å². The molecule has 0 radical (unpaired) electrons. The van der Waals surface area contributed by atoms with Gasteiger partial charge in [0.05, 0.1) is 17.2 Å². The number of hydrogen-bond donors (Lipinski definition) is 1. The lowest BCUT2D eigenvalue weighted by atomic mass is 10.1. The molecule has 1 aromatic heterocycles. The summed E-state index contributed by atoms with van der Waals surface area (Å²) in [5, 5.41) is 4.74. The van der Waals surface area contributed by atoms with E-state index >= 15 is 0 Å². The highest BCUT2D eigenvalue weighted by molar-refractivity contribution is 7.99. The van der Waals surface area contributed by atoms with Crippen LogP contribution in [0.5, 0.6) is 0 Å². The normalized spacial score (nSPS) is 16.4. The van der Waals surface area contributed by atoms with E-state index in [4.69, 9.17) is 9.72 Å². The van der Waals surface area contributed by atoms with Crippen molar-refractivity contribution in [1.82, 2.24) is 10.3 Å². The van der Waals surface area contributed by atoms with Gasteiger partial charge in [-0.3, -0.25) is 4.79 Å². The summed E-state index contributed by atoms with van der Waals surface area (Å²) in [4.78, 5) is 18.8. The lowest BCUT2D eigenvalue weighted by Crippen LogP contribution is -2.31. The monoisotopic (exact) mass is 392 g/mol. The van der Waals surface area contributed by atoms with E-state index in [0.717, 1.165) is 46.7 Å². The van der Waals surface area contributed by atoms with Crippen LogP contribution in [-0.2, 0) is 11.2 Å². The minimum Gasteiger partial charge on any atom is -0.376 e. The molecule has 0 saturated carbocycles. The van der Waals surface area contributed by atoms with Crippen molar-refractivity contribution in [1.29, 1.82) is 0 Å². The number of carbonyl (C=O) groups is 1. The number of amides is 1. The first-order valence-electron chi connectivity index (χ1n) is 9.79. The lowest BCUT2D eigenvalue weighted by molar-refractivity contribution is 0.0859. The number of nitrogens with one attached hydrogen (secondary N) is 1. The fourth-order valence-electron chi connectivity index (χ4n) is 3.41. The number of aryl methyl sites for hydroxylation is 1. The molecule has 4 rings (SSSR count). The standard InChI is InChI=1S/C23H24N2O2S/c1-2-16-9-11-18(12-10-16)28-22-14-20(19-7-3-4-8-21(19)25-22)23(26)24-15-17-6-5-13-27-17/h3-4,7-12,14,17H,2,5-6,13,15H2,1H3,(H,24,26)/t17-/m1/s1. The van der Waals surface area contributed by atoms with Gasteiger partial charge in [0.2, 0.25) is 0 Å². The van der Waals surface area contributed by atoms with E-state index in [1.54, 1.807) is 11.8 Å². The molecule has 1 aliphatic rings. The van der Waals surface area contributed by atoms with E-state index in [9.17, 15) is 4.79 Å². The molecule has 0 unspecified atom stereocenters. The first-order chi connectivity index (χ1) is 13.7. The molecular formula is C23H24N2O2S. The first-order valence-corrected chi connectivity index (χ1v) is 10.6. The summed E-state index contributed by atoms with van der Waals surface area (Å²) in [7, 11) is 0. The highest BCUT2D eigenvalue weighted by Gasteiger charge is 2.18. The van der Waals surface area contributed by atoms with Crippen LogP contribution in [-0.4, -0.2) is 30.1 Å². The van der Waals surface area contributed by atoms with Gasteiger partial charge in [0, 0.05) is 23.4 Å². The van der Waals surface area contributed by atoms with Crippen LogP contribution in [0.4, 0.5) is 0 Å². The fourth-order valence-corrected chi connectivity index (χ4v) is 4.25. The Bertz CT molecular complexity index is 966. The van der Waals surface area contributed by atoms with Crippen LogP contribution in [0.2, 0.25) is 0 Å². The number of aromatic nitrogens is 1. The topological polar surface area (TPSA) is 51.2 Å². The molecule has 1 aliphatic heterocycles. The van der Waals surface area contributed by atoms with Gasteiger partial charge in [-0.25, -0.2) is 4.98 Å².